The molecule has 0 aromatic carbocycles. The molecule has 1 aliphatic heterocycles. The van der Waals surface area contributed by atoms with Crippen molar-refractivity contribution in [3.63, 3.8) is 0 Å². The van der Waals surface area contributed by atoms with Gasteiger partial charge in [-0.25, -0.2) is 0 Å². The first-order chi connectivity index (χ1) is 11.7. The normalized spacial score (nSPS) is 18.3. The van der Waals surface area contributed by atoms with Crippen LogP contribution in [0.3, 0.4) is 0 Å². The number of carbonyl (C=O) groups is 1. The van der Waals surface area contributed by atoms with E-state index in [9.17, 15) is 4.79 Å². The highest BCUT2D eigenvalue weighted by Crippen LogP contribution is 2.18. The van der Waals surface area contributed by atoms with Gasteiger partial charge < -0.3 is 0 Å². The summed E-state index contributed by atoms with van der Waals surface area (Å²) in [6.07, 6.45) is 17.1. The van der Waals surface area contributed by atoms with Crippen LogP contribution in [0.2, 0.25) is 0 Å². The highest BCUT2D eigenvalue weighted by molar-refractivity contribution is 6.20. The number of halogens is 1. The molecule has 1 heterocycles. The number of Topliss-reactive ketones (excluding diaryl/α,β-unsaturated/α-hetero) is 1. The van der Waals surface area contributed by atoms with E-state index in [0.717, 1.165) is 25.8 Å². The van der Waals surface area contributed by atoms with Crippen LogP contribution in [-0.4, -0.2) is 35.0 Å². The molecule has 0 N–H and O–H groups in total. The Kier molecular flexibility index (Phi) is 12.2. The predicted octanol–water partition coefficient (Wildman–Crippen LogP) is 5.94. The van der Waals surface area contributed by atoms with Gasteiger partial charge >= 0.3 is 0 Å². The van der Waals surface area contributed by atoms with Crippen LogP contribution in [0.15, 0.2) is 5.10 Å². The summed E-state index contributed by atoms with van der Waals surface area (Å²) >= 11 is 6.39. The van der Waals surface area contributed by atoms with E-state index in [-0.39, 0.29) is 6.04 Å². The fraction of sp³-hybridized carbons (Fsp3) is 0.900. The van der Waals surface area contributed by atoms with E-state index in [1.165, 1.54) is 57.8 Å². The molecule has 24 heavy (non-hydrogen) atoms. The molecule has 1 aliphatic rings. The molecular weight excluding hydrogens is 320 g/mol. The first-order valence-corrected chi connectivity index (χ1v) is 10.6. The van der Waals surface area contributed by atoms with E-state index in [1.807, 2.05) is 18.1 Å². The molecule has 0 aromatic heterocycles. The lowest BCUT2D eigenvalue weighted by atomic mass is 10.0. The Bertz CT molecular complexity index is 360. The Hall–Kier alpha value is -0.570. The summed E-state index contributed by atoms with van der Waals surface area (Å²) in [4.78, 5) is 11.8. The first kappa shape index (κ1) is 21.5. The van der Waals surface area contributed by atoms with E-state index >= 15 is 0 Å². The summed E-state index contributed by atoms with van der Waals surface area (Å²) in [5.74, 6) is 0.319. The van der Waals surface area contributed by atoms with Crippen LogP contribution in [0, 0.1) is 0 Å². The number of hydrogen-bond donors (Lipinski definition) is 0. The van der Waals surface area contributed by atoms with Gasteiger partial charge in [0.2, 0.25) is 0 Å². The third-order valence-corrected chi connectivity index (χ3v) is 5.35. The van der Waals surface area contributed by atoms with Gasteiger partial charge in [-0.1, -0.05) is 65.2 Å². The van der Waals surface area contributed by atoms with E-state index in [4.69, 9.17) is 11.6 Å². The van der Waals surface area contributed by atoms with Crippen molar-refractivity contribution in [3.8, 4) is 0 Å². The van der Waals surface area contributed by atoms with E-state index in [2.05, 4.69) is 12.0 Å². The number of carbonyl (C=O) groups excluding carboxylic acids is 1. The number of nitrogens with zero attached hydrogens (tertiary/aromatic N) is 2. The summed E-state index contributed by atoms with van der Waals surface area (Å²) in [6.45, 7) is 5.10. The lowest BCUT2D eigenvalue weighted by Crippen LogP contribution is -2.34. The van der Waals surface area contributed by atoms with Crippen molar-refractivity contribution in [1.29, 1.82) is 0 Å². The van der Waals surface area contributed by atoms with Crippen molar-refractivity contribution in [3.05, 3.63) is 0 Å². The lowest BCUT2D eigenvalue weighted by molar-refractivity contribution is -0.123. The second kappa shape index (κ2) is 13.7. The molecule has 0 spiro atoms. The minimum atomic E-state index is 0.0136. The van der Waals surface area contributed by atoms with E-state index < -0.39 is 0 Å². The molecule has 0 amide bonds. The van der Waals surface area contributed by atoms with Gasteiger partial charge in [0.1, 0.15) is 6.04 Å². The topological polar surface area (TPSA) is 32.7 Å². The van der Waals surface area contributed by atoms with Gasteiger partial charge in [-0.2, -0.15) is 5.10 Å². The molecule has 3 nitrogen and oxygen atoms in total. The molecule has 2 atom stereocenters. The van der Waals surface area contributed by atoms with Crippen LogP contribution in [0.25, 0.3) is 0 Å². The van der Waals surface area contributed by atoms with E-state index in [1.54, 1.807) is 0 Å². The SMILES string of the molecule is CCCCCCC(Cl)CCCCCCCN1N=CCC1C(=O)CC. The molecule has 0 aromatic rings. The van der Waals surface area contributed by atoms with Crippen LogP contribution in [-0.2, 0) is 4.79 Å². The molecular formula is C20H37ClN2O. The average Bonchev–Trinajstić information content (AvgIpc) is 3.05. The van der Waals surface area contributed by atoms with Gasteiger partial charge in [-0.3, -0.25) is 9.80 Å². The molecule has 0 fully saturated rings. The zero-order valence-electron chi connectivity index (χ0n) is 15.8. The molecule has 4 heteroatoms. The second-order valence-corrected chi connectivity index (χ2v) is 7.65. The molecule has 140 valence electrons. The van der Waals surface area contributed by atoms with Crippen molar-refractivity contribution in [2.75, 3.05) is 6.54 Å². The number of rotatable bonds is 15. The Morgan fingerprint density at radius 1 is 1.08 bits per heavy atom. The first-order valence-electron chi connectivity index (χ1n) is 10.1. The standard InChI is InChI=1S/C20H37ClN2O/c1-3-5-6-10-13-18(21)14-11-8-7-9-12-17-23-19(15-16-22-23)20(24)4-2/h16,18-19H,3-15,17H2,1-2H3. The monoisotopic (exact) mass is 356 g/mol. The van der Waals surface area contributed by atoms with Crippen molar-refractivity contribution >= 4 is 23.6 Å². The van der Waals surface area contributed by atoms with Crippen molar-refractivity contribution in [1.82, 2.24) is 5.01 Å². The number of unbranched alkanes of at least 4 members (excludes halogenated alkanes) is 7. The smallest absolute Gasteiger partial charge is 0.157 e. The van der Waals surface area contributed by atoms with Crippen molar-refractivity contribution in [2.24, 2.45) is 5.10 Å². The quantitative estimate of drug-likeness (QED) is 0.268. The largest absolute Gasteiger partial charge is 0.297 e. The second-order valence-electron chi connectivity index (χ2n) is 7.04. The Morgan fingerprint density at radius 3 is 2.38 bits per heavy atom. The molecule has 1 rings (SSSR count). The maximum atomic E-state index is 11.8. The van der Waals surface area contributed by atoms with Crippen LogP contribution in [0.4, 0.5) is 0 Å². The number of ketones is 1. The summed E-state index contributed by atoms with van der Waals surface area (Å²) in [6, 6.07) is 0.0136. The number of alkyl halides is 1. The fourth-order valence-electron chi connectivity index (χ4n) is 3.31. The molecule has 0 bridgehead atoms. The summed E-state index contributed by atoms with van der Waals surface area (Å²) < 4.78 is 0. The van der Waals surface area contributed by atoms with Crippen LogP contribution < -0.4 is 0 Å². The number of hydrazone groups is 1. The molecule has 2 unspecified atom stereocenters. The van der Waals surface area contributed by atoms with Gasteiger partial charge in [0.05, 0.1) is 0 Å². The molecule has 0 aliphatic carbocycles. The minimum Gasteiger partial charge on any atom is -0.297 e. The zero-order chi connectivity index (χ0) is 17.6. The van der Waals surface area contributed by atoms with Crippen LogP contribution >= 0.6 is 11.6 Å². The lowest BCUT2D eigenvalue weighted by Gasteiger charge is -2.22. The van der Waals surface area contributed by atoms with Gasteiger partial charge in [0, 0.05) is 31.0 Å². The molecule has 0 saturated heterocycles. The van der Waals surface area contributed by atoms with Crippen molar-refractivity contribution < 1.29 is 4.79 Å². The van der Waals surface area contributed by atoms with E-state index in [0.29, 0.717) is 17.6 Å². The summed E-state index contributed by atoms with van der Waals surface area (Å²) in [5, 5.41) is 6.73. The molecule has 0 saturated carbocycles. The minimum absolute atomic E-state index is 0.0136. The van der Waals surface area contributed by atoms with Gasteiger partial charge in [-0.05, 0) is 19.3 Å². The fourth-order valence-corrected chi connectivity index (χ4v) is 3.62. The van der Waals surface area contributed by atoms with Crippen LogP contribution in [0.5, 0.6) is 0 Å². The van der Waals surface area contributed by atoms with Gasteiger partial charge in [0.25, 0.3) is 0 Å². The highest BCUT2D eigenvalue weighted by atomic mass is 35.5. The molecule has 0 radical (unpaired) electrons. The summed E-state index contributed by atoms with van der Waals surface area (Å²) in [5.41, 5.74) is 0. The van der Waals surface area contributed by atoms with Gasteiger partial charge in [-0.15, -0.1) is 11.6 Å². The predicted molar refractivity (Wildman–Crippen MR) is 105 cm³/mol. The van der Waals surface area contributed by atoms with Crippen LogP contribution in [0.1, 0.15) is 97.3 Å². The summed E-state index contributed by atoms with van der Waals surface area (Å²) in [7, 11) is 0. The maximum Gasteiger partial charge on any atom is 0.157 e. The average molecular weight is 357 g/mol. The Labute approximate surface area is 154 Å². The Balaban J connectivity index is 1.95. The third-order valence-electron chi connectivity index (χ3n) is 4.91. The van der Waals surface area contributed by atoms with Crippen molar-refractivity contribution in [2.45, 2.75) is 109 Å². The third kappa shape index (κ3) is 9.05. The number of hydrogen-bond acceptors (Lipinski definition) is 3. The maximum absolute atomic E-state index is 11.8. The van der Waals surface area contributed by atoms with Gasteiger partial charge in [0.15, 0.2) is 5.78 Å². The Morgan fingerprint density at radius 2 is 1.71 bits per heavy atom. The zero-order valence-corrected chi connectivity index (χ0v) is 16.6. The highest BCUT2D eigenvalue weighted by Gasteiger charge is 2.25.